The number of hydrogen-bond donors (Lipinski definition) is 0. The van der Waals surface area contributed by atoms with Crippen molar-refractivity contribution in [3.8, 4) is 11.5 Å². The van der Waals surface area contributed by atoms with Gasteiger partial charge in [-0.3, -0.25) is 0 Å². The van der Waals surface area contributed by atoms with E-state index in [1.54, 1.807) is 30.4 Å². The van der Waals surface area contributed by atoms with Crippen molar-refractivity contribution in [1.82, 2.24) is 0 Å². The van der Waals surface area contributed by atoms with E-state index < -0.39 is 5.97 Å². The molecule has 0 N–H and O–H groups in total. The lowest BCUT2D eigenvalue weighted by molar-refractivity contribution is -0.129. The van der Waals surface area contributed by atoms with Gasteiger partial charge in [0.2, 0.25) is 5.90 Å². The van der Waals surface area contributed by atoms with Crippen LogP contribution in [0.4, 0.5) is 0 Å². The van der Waals surface area contributed by atoms with Gasteiger partial charge in [0, 0.05) is 5.56 Å². The van der Waals surface area contributed by atoms with Crippen LogP contribution in [0.5, 0.6) is 11.5 Å². The van der Waals surface area contributed by atoms with Crippen LogP contribution in [0.15, 0.2) is 84.5 Å². The zero-order valence-corrected chi connectivity index (χ0v) is 14.8. The Hall–Kier alpha value is -3.60. The van der Waals surface area contributed by atoms with Crippen LogP contribution in [-0.2, 0) is 9.53 Å². The standard InChI is InChI=1S/C22H19NO4/c1-3-12-25-19-11-10-16(15-20(19)26-13-4-2)14-18-22(24)27-21(23-18)17-8-6-5-7-9-17/h3-11,14-15H,1-2,12-13H2/b18-14-. The van der Waals surface area contributed by atoms with E-state index in [4.69, 9.17) is 14.2 Å². The third-order valence-electron chi connectivity index (χ3n) is 3.63. The summed E-state index contributed by atoms with van der Waals surface area (Å²) in [6.45, 7) is 7.98. The molecule has 0 atom stereocenters. The highest BCUT2D eigenvalue weighted by Crippen LogP contribution is 2.30. The molecule has 5 heteroatoms. The zero-order valence-electron chi connectivity index (χ0n) is 14.8. The lowest BCUT2D eigenvalue weighted by Crippen LogP contribution is -2.05. The van der Waals surface area contributed by atoms with Crippen molar-refractivity contribution in [2.75, 3.05) is 13.2 Å². The maximum atomic E-state index is 12.1. The third-order valence-corrected chi connectivity index (χ3v) is 3.63. The van der Waals surface area contributed by atoms with Gasteiger partial charge in [-0.25, -0.2) is 9.79 Å². The predicted molar refractivity (Wildman–Crippen MR) is 105 cm³/mol. The molecule has 0 spiro atoms. The molecule has 136 valence electrons. The van der Waals surface area contributed by atoms with Gasteiger partial charge in [0.05, 0.1) is 0 Å². The minimum absolute atomic E-state index is 0.225. The van der Waals surface area contributed by atoms with Crippen LogP contribution in [0.2, 0.25) is 0 Å². The van der Waals surface area contributed by atoms with E-state index in [0.717, 1.165) is 11.1 Å². The van der Waals surface area contributed by atoms with E-state index >= 15 is 0 Å². The van der Waals surface area contributed by atoms with Crippen LogP contribution in [0.25, 0.3) is 6.08 Å². The number of rotatable bonds is 8. The summed E-state index contributed by atoms with van der Waals surface area (Å²) < 4.78 is 16.5. The number of aliphatic imine (C=N–C) groups is 1. The highest BCUT2D eigenvalue weighted by molar-refractivity contribution is 6.12. The molecule has 0 fully saturated rings. The van der Waals surface area contributed by atoms with Crippen LogP contribution >= 0.6 is 0 Å². The molecule has 3 rings (SSSR count). The van der Waals surface area contributed by atoms with Crippen molar-refractivity contribution >= 4 is 17.9 Å². The summed E-state index contributed by atoms with van der Waals surface area (Å²) in [5.74, 6) is 0.932. The van der Waals surface area contributed by atoms with Crippen molar-refractivity contribution in [2.24, 2.45) is 4.99 Å². The highest BCUT2D eigenvalue weighted by Gasteiger charge is 2.24. The first kappa shape index (κ1) is 18.2. The Labute approximate surface area is 157 Å². The average Bonchev–Trinajstić information content (AvgIpc) is 3.06. The van der Waals surface area contributed by atoms with E-state index in [2.05, 4.69) is 18.2 Å². The zero-order chi connectivity index (χ0) is 19.1. The fourth-order valence-electron chi connectivity index (χ4n) is 2.42. The van der Waals surface area contributed by atoms with Gasteiger partial charge in [0.1, 0.15) is 13.2 Å². The smallest absolute Gasteiger partial charge is 0.363 e. The Morgan fingerprint density at radius 2 is 1.67 bits per heavy atom. The first-order chi connectivity index (χ1) is 13.2. The summed E-state index contributed by atoms with van der Waals surface area (Å²) >= 11 is 0. The van der Waals surface area contributed by atoms with Crippen LogP contribution < -0.4 is 9.47 Å². The predicted octanol–water partition coefficient (Wildman–Crippen LogP) is 4.16. The molecule has 2 aromatic rings. The van der Waals surface area contributed by atoms with Crippen molar-refractivity contribution in [3.63, 3.8) is 0 Å². The van der Waals surface area contributed by atoms with Crippen molar-refractivity contribution in [1.29, 1.82) is 0 Å². The SMILES string of the molecule is C=CCOc1ccc(/C=C2\N=C(c3ccccc3)OC2=O)cc1OCC=C. The quantitative estimate of drug-likeness (QED) is 0.402. The molecular formula is C22H19NO4. The molecule has 0 unspecified atom stereocenters. The average molecular weight is 361 g/mol. The summed E-state index contributed by atoms with van der Waals surface area (Å²) in [7, 11) is 0. The minimum Gasteiger partial charge on any atom is -0.486 e. The Balaban J connectivity index is 1.89. The van der Waals surface area contributed by atoms with Crippen molar-refractivity contribution < 1.29 is 19.0 Å². The fraction of sp³-hybridized carbons (Fsp3) is 0.0909. The number of carbonyl (C=O) groups excluding carboxylic acids is 1. The monoisotopic (exact) mass is 361 g/mol. The van der Waals surface area contributed by atoms with Crippen molar-refractivity contribution in [3.05, 3.63) is 90.7 Å². The number of carbonyl (C=O) groups is 1. The van der Waals surface area contributed by atoms with Crippen LogP contribution in [0, 0.1) is 0 Å². The first-order valence-electron chi connectivity index (χ1n) is 8.40. The molecule has 0 bridgehead atoms. The number of ether oxygens (including phenoxy) is 3. The van der Waals surface area contributed by atoms with Gasteiger partial charge in [-0.1, -0.05) is 49.6 Å². The van der Waals surface area contributed by atoms with Crippen LogP contribution in [0.3, 0.4) is 0 Å². The Morgan fingerprint density at radius 3 is 2.37 bits per heavy atom. The summed E-state index contributed by atoms with van der Waals surface area (Å²) in [6, 6.07) is 14.6. The molecule has 0 amide bonds. The number of benzene rings is 2. The second-order valence-corrected chi connectivity index (χ2v) is 5.61. The Bertz CT molecular complexity index is 913. The molecule has 2 aromatic carbocycles. The second kappa shape index (κ2) is 8.67. The van der Waals surface area contributed by atoms with Gasteiger partial charge < -0.3 is 14.2 Å². The molecule has 27 heavy (non-hydrogen) atoms. The lowest BCUT2D eigenvalue weighted by Gasteiger charge is -2.11. The van der Waals surface area contributed by atoms with Gasteiger partial charge in [-0.05, 0) is 35.9 Å². The van der Waals surface area contributed by atoms with Gasteiger partial charge in [-0.15, -0.1) is 0 Å². The van der Waals surface area contributed by atoms with E-state index in [1.165, 1.54) is 0 Å². The molecular weight excluding hydrogens is 342 g/mol. The topological polar surface area (TPSA) is 57.1 Å². The van der Waals surface area contributed by atoms with Gasteiger partial charge in [0.15, 0.2) is 17.2 Å². The normalized spacial score (nSPS) is 14.4. The van der Waals surface area contributed by atoms with Gasteiger partial charge in [-0.2, -0.15) is 0 Å². The second-order valence-electron chi connectivity index (χ2n) is 5.61. The molecule has 0 aliphatic carbocycles. The maximum Gasteiger partial charge on any atom is 0.363 e. The maximum absolute atomic E-state index is 12.1. The molecule has 1 aliphatic rings. The minimum atomic E-state index is -0.491. The Morgan fingerprint density at radius 1 is 0.963 bits per heavy atom. The van der Waals surface area contributed by atoms with Crippen molar-refractivity contribution in [2.45, 2.75) is 0 Å². The molecule has 1 heterocycles. The summed E-state index contributed by atoms with van der Waals surface area (Å²) in [5.41, 5.74) is 1.71. The number of cyclic esters (lactones) is 1. The largest absolute Gasteiger partial charge is 0.486 e. The third kappa shape index (κ3) is 4.52. The number of nitrogens with zero attached hydrogens (tertiary/aromatic N) is 1. The molecule has 0 radical (unpaired) electrons. The number of hydrogen-bond acceptors (Lipinski definition) is 5. The Kier molecular flexibility index (Phi) is 5.84. The van der Waals surface area contributed by atoms with E-state index in [0.29, 0.717) is 30.6 Å². The lowest BCUT2D eigenvalue weighted by atomic mass is 10.1. The van der Waals surface area contributed by atoms with E-state index in [9.17, 15) is 4.79 Å². The summed E-state index contributed by atoms with van der Waals surface area (Å²) in [6.07, 6.45) is 4.95. The van der Waals surface area contributed by atoms with Gasteiger partial charge in [0.25, 0.3) is 0 Å². The number of esters is 1. The molecule has 0 saturated carbocycles. The fourth-order valence-corrected chi connectivity index (χ4v) is 2.42. The van der Waals surface area contributed by atoms with E-state index in [-0.39, 0.29) is 5.70 Å². The summed E-state index contributed by atoms with van der Waals surface area (Å²) in [5, 5.41) is 0. The van der Waals surface area contributed by atoms with E-state index in [1.807, 2.05) is 36.4 Å². The van der Waals surface area contributed by atoms with Gasteiger partial charge >= 0.3 is 5.97 Å². The molecule has 5 nitrogen and oxygen atoms in total. The molecule has 0 aromatic heterocycles. The molecule has 0 saturated heterocycles. The first-order valence-corrected chi connectivity index (χ1v) is 8.40. The van der Waals surface area contributed by atoms with Crippen LogP contribution in [-0.4, -0.2) is 25.1 Å². The molecule has 1 aliphatic heterocycles. The highest BCUT2D eigenvalue weighted by atomic mass is 16.6. The summed E-state index contributed by atoms with van der Waals surface area (Å²) in [4.78, 5) is 16.4. The van der Waals surface area contributed by atoms with Crippen LogP contribution in [0.1, 0.15) is 11.1 Å².